The Balaban J connectivity index is 1.51. The molecule has 0 spiro atoms. The molecule has 112 valence electrons. The van der Waals surface area contributed by atoms with Crippen molar-refractivity contribution in [3.8, 4) is 0 Å². The smallest absolute Gasteiger partial charge is 0.228 e. The number of rotatable bonds is 1. The van der Waals surface area contributed by atoms with E-state index in [1.54, 1.807) is 0 Å². The molecule has 1 aliphatic heterocycles. The summed E-state index contributed by atoms with van der Waals surface area (Å²) in [5.74, 6) is 2.93. The van der Waals surface area contributed by atoms with Gasteiger partial charge in [-0.1, -0.05) is 0 Å². The van der Waals surface area contributed by atoms with Crippen molar-refractivity contribution in [2.45, 2.75) is 63.9 Å². The van der Waals surface area contributed by atoms with Gasteiger partial charge in [0.15, 0.2) is 0 Å². The van der Waals surface area contributed by atoms with Crippen LogP contribution in [0, 0.1) is 23.2 Å². The van der Waals surface area contributed by atoms with Crippen molar-refractivity contribution in [3.63, 3.8) is 0 Å². The molecule has 1 heterocycles. The topological polar surface area (TPSA) is 40.5 Å². The monoisotopic (exact) mass is 277 g/mol. The normalized spacial score (nSPS) is 45.7. The second-order valence-corrected chi connectivity index (χ2v) is 8.49. The number of aliphatic hydroxyl groups is 1. The first-order valence-corrected chi connectivity index (χ1v) is 8.48. The Morgan fingerprint density at radius 1 is 1.00 bits per heavy atom. The summed E-state index contributed by atoms with van der Waals surface area (Å²) in [7, 11) is 0. The van der Waals surface area contributed by atoms with Crippen molar-refractivity contribution in [2.75, 3.05) is 13.1 Å². The molecule has 0 unspecified atom stereocenters. The fourth-order valence-corrected chi connectivity index (χ4v) is 5.90. The molecule has 0 aromatic carbocycles. The van der Waals surface area contributed by atoms with E-state index in [0.29, 0.717) is 5.91 Å². The Labute approximate surface area is 121 Å². The lowest BCUT2D eigenvalue weighted by molar-refractivity contribution is -0.161. The lowest BCUT2D eigenvalue weighted by atomic mass is 9.49. The summed E-state index contributed by atoms with van der Waals surface area (Å²) in [6.45, 7) is 3.42. The predicted octanol–water partition coefficient (Wildman–Crippen LogP) is 2.58. The Kier molecular flexibility index (Phi) is 2.77. The number of hydrogen-bond acceptors (Lipinski definition) is 2. The molecule has 3 heteroatoms. The summed E-state index contributed by atoms with van der Waals surface area (Å²) in [6.07, 6.45) is 9.13. The predicted molar refractivity (Wildman–Crippen MR) is 77.0 cm³/mol. The Hall–Kier alpha value is -0.570. The van der Waals surface area contributed by atoms with Crippen molar-refractivity contribution in [1.29, 1.82) is 0 Å². The van der Waals surface area contributed by atoms with E-state index in [1.165, 1.54) is 19.3 Å². The third-order valence-electron chi connectivity index (χ3n) is 6.62. The quantitative estimate of drug-likeness (QED) is 0.800. The minimum Gasteiger partial charge on any atom is -0.390 e. The zero-order valence-electron chi connectivity index (χ0n) is 12.6. The third kappa shape index (κ3) is 2.01. The molecule has 1 saturated heterocycles. The van der Waals surface area contributed by atoms with E-state index in [-0.39, 0.29) is 5.41 Å². The second kappa shape index (κ2) is 4.22. The average Bonchev–Trinajstić information content (AvgIpc) is 2.36. The Morgan fingerprint density at radius 3 is 1.90 bits per heavy atom. The molecule has 4 saturated carbocycles. The van der Waals surface area contributed by atoms with E-state index in [1.807, 2.05) is 6.92 Å². The van der Waals surface area contributed by atoms with E-state index in [4.69, 9.17) is 0 Å². The van der Waals surface area contributed by atoms with Gasteiger partial charge in [-0.25, -0.2) is 0 Å². The van der Waals surface area contributed by atoms with Gasteiger partial charge in [0.25, 0.3) is 0 Å². The highest BCUT2D eigenvalue weighted by atomic mass is 16.3. The number of piperidine rings is 1. The standard InChI is InChI=1S/C17H27NO2/c1-16(20)2-4-18(5-3-16)15(19)17-9-12-6-13(10-17)8-14(7-12)11-17/h12-14,20H,2-11H2,1H3. The van der Waals surface area contributed by atoms with Crippen molar-refractivity contribution >= 4 is 5.91 Å². The average molecular weight is 277 g/mol. The molecule has 5 rings (SSSR count). The summed E-state index contributed by atoms with van der Waals surface area (Å²) >= 11 is 0. The van der Waals surface area contributed by atoms with Gasteiger partial charge in [0, 0.05) is 13.1 Å². The molecule has 0 atom stereocenters. The minimum absolute atomic E-state index is 0.00204. The summed E-state index contributed by atoms with van der Waals surface area (Å²) in [6, 6.07) is 0. The van der Waals surface area contributed by atoms with E-state index < -0.39 is 5.60 Å². The van der Waals surface area contributed by atoms with Crippen LogP contribution in [0.25, 0.3) is 0 Å². The molecular formula is C17H27NO2. The maximum absolute atomic E-state index is 13.1. The zero-order chi connectivity index (χ0) is 14.0. The molecule has 0 aromatic heterocycles. The molecular weight excluding hydrogens is 250 g/mol. The van der Waals surface area contributed by atoms with Crippen LogP contribution in [0.3, 0.4) is 0 Å². The van der Waals surface area contributed by atoms with Crippen LogP contribution in [0.4, 0.5) is 0 Å². The van der Waals surface area contributed by atoms with Crippen molar-refractivity contribution in [2.24, 2.45) is 23.2 Å². The summed E-state index contributed by atoms with van der Waals surface area (Å²) in [5.41, 5.74) is -0.559. The molecule has 3 nitrogen and oxygen atoms in total. The van der Waals surface area contributed by atoms with E-state index in [0.717, 1.165) is 62.9 Å². The molecule has 0 radical (unpaired) electrons. The number of nitrogens with zero attached hydrogens (tertiary/aromatic N) is 1. The number of amides is 1. The van der Waals surface area contributed by atoms with Crippen LogP contribution in [-0.2, 0) is 4.79 Å². The lowest BCUT2D eigenvalue weighted by Crippen LogP contribution is -2.56. The minimum atomic E-state index is -0.557. The van der Waals surface area contributed by atoms with Crippen molar-refractivity contribution in [3.05, 3.63) is 0 Å². The Bertz CT molecular complexity index is 383. The Morgan fingerprint density at radius 2 is 1.45 bits per heavy atom. The second-order valence-electron chi connectivity index (χ2n) is 8.49. The highest BCUT2D eigenvalue weighted by molar-refractivity contribution is 5.83. The summed E-state index contributed by atoms with van der Waals surface area (Å²) < 4.78 is 0. The maximum atomic E-state index is 13.1. The van der Waals surface area contributed by atoms with Gasteiger partial charge in [-0.05, 0) is 76.0 Å². The van der Waals surface area contributed by atoms with Gasteiger partial charge >= 0.3 is 0 Å². The first-order valence-electron chi connectivity index (χ1n) is 8.48. The van der Waals surface area contributed by atoms with Crippen LogP contribution in [0.5, 0.6) is 0 Å². The van der Waals surface area contributed by atoms with Crippen LogP contribution in [-0.4, -0.2) is 34.6 Å². The first kappa shape index (κ1) is 13.1. The molecule has 5 aliphatic rings. The molecule has 5 fully saturated rings. The van der Waals surface area contributed by atoms with E-state index in [2.05, 4.69) is 4.90 Å². The van der Waals surface area contributed by atoms with Gasteiger partial charge in [0.05, 0.1) is 11.0 Å². The molecule has 4 bridgehead atoms. The van der Waals surface area contributed by atoms with Crippen LogP contribution in [0.1, 0.15) is 58.3 Å². The SMILES string of the molecule is CC1(O)CCN(C(=O)C23CC4CC(CC(C4)C2)C3)CC1. The number of carbonyl (C=O) groups excluding carboxylic acids is 1. The van der Waals surface area contributed by atoms with Gasteiger partial charge in [-0.3, -0.25) is 4.79 Å². The van der Waals surface area contributed by atoms with Crippen LogP contribution in [0.2, 0.25) is 0 Å². The van der Waals surface area contributed by atoms with Crippen molar-refractivity contribution < 1.29 is 9.90 Å². The fraction of sp³-hybridized carbons (Fsp3) is 0.941. The third-order valence-corrected chi connectivity index (χ3v) is 6.62. The highest BCUT2D eigenvalue weighted by Gasteiger charge is 2.55. The van der Waals surface area contributed by atoms with Gasteiger partial charge in [0.2, 0.25) is 5.91 Å². The lowest BCUT2D eigenvalue weighted by Gasteiger charge is -2.57. The number of hydrogen-bond donors (Lipinski definition) is 1. The molecule has 0 aromatic rings. The zero-order valence-corrected chi connectivity index (χ0v) is 12.6. The van der Waals surface area contributed by atoms with E-state index >= 15 is 0 Å². The fourth-order valence-electron chi connectivity index (χ4n) is 5.90. The van der Waals surface area contributed by atoms with Gasteiger partial charge in [0.1, 0.15) is 0 Å². The largest absolute Gasteiger partial charge is 0.390 e. The van der Waals surface area contributed by atoms with Crippen LogP contribution < -0.4 is 0 Å². The van der Waals surface area contributed by atoms with E-state index in [9.17, 15) is 9.90 Å². The molecule has 4 aliphatic carbocycles. The van der Waals surface area contributed by atoms with Gasteiger partial charge in [-0.15, -0.1) is 0 Å². The van der Waals surface area contributed by atoms with Crippen LogP contribution in [0.15, 0.2) is 0 Å². The first-order chi connectivity index (χ1) is 9.46. The van der Waals surface area contributed by atoms with Crippen molar-refractivity contribution in [1.82, 2.24) is 4.90 Å². The molecule has 1 amide bonds. The maximum Gasteiger partial charge on any atom is 0.228 e. The summed E-state index contributed by atoms with van der Waals surface area (Å²) in [5, 5.41) is 10.1. The van der Waals surface area contributed by atoms with Gasteiger partial charge in [-0.2, -0.15) is 0 Å². The number of carbonyl (C=O) groups is 1. The molecule has 20 heavy (non-hydrogen) atoms. The number of likely N-dealkylation sites (tertiary alicyclic amines) is 1. The van der Waals surface area contributed by atoms with Crippen LogP contribution >= 0.6 is 0 Å². The van der Waals surface area contributed by atoms with Gasteiger partial charge < -0.3 is 10.0 Å². The molecule has 1 N–H and O–H groups in total. The highest BCUT2D eigenvalue weighted by Crippen LogP contribution is 2.60. The summed E-state index contributed by atoms with van der Waals surface area (Å²) in [4.78, 5) is 15.2.